The van der Waals surface area contributed by atoms with Gasteiger partial charge in [0.05, 0.1) is 13.0 Å². The number of ether oxygens (including phenoxy) is 1. The van der Waals surface area contributed by atoms with Crippen LogP contribution in [0.5, 0.6) is 5.75 Å². The molecule has 0 saturated carbocycles. The van der Waals surface area contributed by atoms with Crippen molar-refractivity contribution in [1.29, 1.82) is 0 Å². The van der Waals surface area contributed by atoms with Gasteiger partial charge in [-0.1, -0.05) is 45.4 Å². The summed E-state index contributed by atoms with van der Waals surface area (Å²) in [6.07, 6.45) is 2.01. The van der Waals surface area contributed by atoms with Crippen molar-refractivity contribution in [2.45, 2.75) is 39.5 Å². The molecular formula is C20H30N2O3. The molecule has 1 aliphatic heterocycles. The van der Waals surface area contributed by atoms with Crippen LogP contribution >= 0.6 is 0 Å². The van der Waals surface area contributed by atoms with Crippen LogP contribution in [0.25, 0.3) is 0 Å². The van der Waals surface area contributed by atoms with E-state index in [-0.39, 0.29) is 29.6 Å². The third-order valence-corrected chi connectivity index (χ3v) is 4.83. The first kappa shape index (κ1) is 19.3. The molecule has 1 fully saturated rings. The van der Waals surface area contributed by atoms with Gasteiger partial charge >= 0.3 is 0 Å². The SMILES string of the molecule is CCCCNC(=O)C1CN(C(=O)C(C)C)CC1c1ccccc1OC. The quantitative estimate of drug-likeness (QED) is 0.773. The van der Waals surface area contributed by atoms with Crippen molar-refractivity contribution in [3.63, 3.8) is 0 Å². The van der Waals surface area contributed by atoms with Crippen molar-refractivity contribution in [1.82, 2.24) is 10.2 Å². The van der Waals surface area contributed by atoms with E-state index in [1.165, 1.54) is 0 Å². The molecule has 1 heterocycles. The van der Waals surface area contributed by atoms with E-state index in [0.29, 0.717) is 19.6 Å². The minimum absolute atomic E-state index is 0.0309. The summed E-state index contributed by atoms with van der Waals surface area (Å²) in [7, 11) is 1.64. The van der Waals surface area contributed by atoms with Gasteiger partial charge in [-0.05, 0) is 18.1 Å². The highest BCUT2D eigenvalue weighted by Gasteiger charge is 2.41. The zero-order chi connectivity index (χ0) is 18.4. The molecule has 1 N–H and O–H groups in total. The number of para-hydroxylation sites is 1. The van der Waals surface area contributed by atoms with E-state index in [1.54, 1.807) is 7.11 Å². The van der Waals surface area contributed by atoms with Crippen molar-refractivity contribution in [3.8, 4) is 5.75 Å². The summed E-state index contributed by atoms with van der Waals surface area (Å²) in [5.41, 5.74) is 1.000. The number of hydrogen-bond donors (Lipinski definition) is 1. The molecule has 0 spiro atoms. The summed E-state index contributed by atoms with van der Waals surface area (Å²) in [6.45, 7) is 7.61. The number of amides is 2. The van der Waals surface area contributed by atoms with Crippen LogP contribution in [0.3, 0.4) is 0 Å². The van der Waals surface area contributed by atoms with Gasteiger partial charge in [0.2, 0.25) is 11.8 Å². The molecular weight excluding hydrogens is 316 g/mol. The van der Waals surface area contributed by atoms with Crippen LogP contribution in [0.2, 0.25) is 0 Å². The van der Waals surface area contributed by atoms with Crippen LogP contribution in [0, 0.1) is 11.8 Å². The second-order valence-corrected chi connectivity index (χ2v) is 7.00. The minimum Gasteiger partial charge on any atom is -0.496 e. The van der Waals surface area contributed by atoms with Gasteiger partial charge in [-0.2, -0.15) is 0 Å². The van der Waals surface area contributed by atoms with Gasteiger partial charge in [0.1, 0.15) is 5.75 Å². The Morgan fingerprint density at radius 2 is 2.00 bits per heavy atom. The van der Waals surface area contributed by atoms with Crippen molar-refractivity contribution in [2.75, 3.05) is 26.7 Å². The summed E-state index contributed by atoms with van der Waals surface area (Å²) in [5.74, 6) is 0.557. The number of unbranched alkanes of at least 4 members (excludes halogenated alkanes) is 1. The lowest BCUT2D eigenvalue weighted by Gasteiger charge is -2.20. The van der Waals surface area contributed by atoms with Gasteiger partial charge < -0.3 is 15.0 Å². The Hall–Kier alpha value is -2.04. The summed E-state index contributed by atoms with van der Waals surface area (Å²) in [5, 5.41) is 3.03. The largest absolute Gasteiger partial charge is 0.496 e. The topological polar surface area (TPSA) is 58.6 Å². The molecule has 2 amide bonds. The zero-order valence-electron chi connectivity index (χ0n) is 15.7. The number of carbonyl (C=O) groups is 2. The second-order valence-electron chi connectivity index (χ2n) is 7.00. The van der Waals surface area contributed by atoms with E-state index in [4.69, 9.17) is 4.74 Å². The van der Waals surface area contributed by atoms with E-state index < -0.39 is 0 Å². The normalized spacial score (nSPS) is 20.0. The number of likely N-dealkylation sites (tertiary alicyclic amines) is 1. The third-order valence-electron chi connectivity index (χ3n) is 4.83. The van der Waals surface area contributed by atoms with Crippen molar-refractivity contribution in [3.05, 3.63) is 29.8 Å². The van der Waals surface area contributed by atoms with Gasteiger partial charge in [0, 0.05) is 31.5 Å². The Balaban J connectivity index is 2.25. The standard InChI is InChI=1S/C20H30N2O3/c1-5-6-11-21-19(23)17-13-22(20(24)14(2)3)12-16(17)15-9-7-8-10-18(15)25-4/h7-10,14,16-17H,5-6,11-13H2,1-4H3,(H,21,23). The van der Waals surface area contributed by atoms with E-state index in [2.05, 4.69) is 12.2 Å². The molecule has 0 bridgehead atoms. The van der Waals surface area contributed by atoms with Crippen LogP contribution in [0.1, 0.15) is 45.1 Å². The first-order chi connectivity index (χ1) is 12.0. The molecule has 5 heteroatoms. The maximum Gasteiger partial charge on any atom is 0.225 e. The maximum absolute atomic E-state index is 12.8. The fourth-order valence-electron chi connectivity index (χ4n) is 3.42. The predicted octanol–water partition coefficient (Wildman–Crippen LogP) is 2.81. The molecule has 2 rings (SSSR count). The molecule has 25 heavy (non-hydrogen) atoms. The number of nitrogens with zero attached hydrogens (tertiary/aromatic N) is 1. The highest BCUT2D eigenvalue weighted by atomic mass is 16.5. The van der Waals surface area contributed by atoms with E-state index >= 15 is 0 Å². The average molecular weight is 346 g/mol. The number of methoxy groups -OCH3 is 1. The number of hydrogen-bond acceptors (Lipinski definition) is 3. The molecule has 5 nitrogen and oxygen atoms in total. The highest BCUT2D eigenvalue weighted by Crippen LogP contribution is 2.38. The molecule has 0 radical (unpaired) electrons. The van der Waals surface area contributed by atoms with Gasteiger partial charge in [0.25, 0.3) is 0 Å². The maximum atomic E-state index is 12.8. The lowest BCUT2D eigenvalue weighted by Crippen LogP contribution is -2.37. The number of rotatable bonds is 7. The first-order valence-electron chi connectivity index (χ1n) is 9.19. The molecule has 138 valence electrons. The number of nitrogens with one attached hydrogen (secondary N) is 1. The Bertz CT molecular complexity index is 600. The Labute approximate surface area is 150 Å². The number of benzene rings is 1. The molecule has 0 aliphatic carbocycles. The van der Waals surface area contributed by atoms with Crippen LogP contribution in [-0.2, 0) is 9.59 Å². The highest BCUT2D eigenvalue weighted by molar-refractivity contribution is 5.84. The van der Waals surface area contributed by atoms with Crippen molar-refractivity contribution >= 4 is 11.8 Å². The van der Waals surface area contributed by atoms with Gasteiger partial charge in [0.15, 0.2) is 0 Å². The minimum atomic E-state index is -0.240. The molecule has 2 unspecified atom stereocenters. The van der Waals surface area contributed by atoms with Gasteiger partial charge in [-0.25, -0.2) is 0 Å². The van der Waals surface area contributed by atoms with E-state index in [1.807, 2.05) is 43.0 Å². The lowest BCUT2D eigenvalue weighted by molar-refractivity contribution is -0.133. The Kier molecular flexibility index (Phi) is 6.85. The smallest absolute Gasteiger partial charge is 0.225 e. The monoisotopic (exact) mass is 346 g/mol. The van der Waals surface area contributed by atoms with Crippen molar-refractivity contribution < 1.29 is 14.3 Å². The van der Waals surface area contributed by atoms with Crippen LogP contribution in [0.15, 0.2) is 24.3 Å². The van der Waals surface area contributed by atoms with E-state index in [0.717, 1.165) is 24.2 Å². The summed E-state index contributed by atoms with van der Waals surface area (Å²) < 4.78 is 5.49. The van der Waals surface area contributed by atoms with E-state index in [9.17, 15) is 9.59 Å². The molecule has 2 atom stereocenters. The van der Waals surface area contributed by atoms with Crippen LogP contribution in [0.4, 0.5) is 0 Å². The first-order valence-corrected chi connectivity index (χ1v) is 9.19. The Morgan fingerprint density at radius 1 is 1.28 bits per heavy atom. The van der Waals surface area contributed by atoms with Gasteiger partial charge in [-0.15, -0.1) is 0 Å². The average Bonchev–Trinajstić information content (AvgIpc) is 3.06. The summed E-state index contributed by atoms with van der Waals surface area (Å²) in [4.78, 5) is 27.0. The fraction of sp³-hybridized carbons (Fsp3) is 0.600. The molecule has 0 aromatic heterocycles. The second kappa shape index (κ2) is 8.88. The molecule has 1 aromatic carbocycles. The number of carbonyl (C=O) groups excluding carboxylic acids is 2. The lowest BCUT2D eigenvalue weighted by atomic mass is 9.87. The zero-order valence-corrected chi connectivity index (χ0v) is 15.7. The third kappa shape index (κ3) is 4.53. The Morgan fingerprint density at radius 3 is 2.64 bits per heavy atom. The molecule has 1 saturated heterocycles. The molecule has 1 aromatic rings. The van der Waals surface area contributed by atoms with Crippen LogP contribution in [-0.4, -0.2) is 43.5 Å². The van der Waals surface area contributed by atoms with Gasteiger partial charge in [-0.3, -0.25) is 9.59 Å². The van der Waals surface area contributed by atoms with Crippen molar-refractivity contribution in [2.24, 2.45) is 11.8 Å². The fourth-order valence-corrected chi connectivity index (χ4v) is 3.42. The van der Waals surface area contributed by atoms with Crippen LogP contribution < -0.4 is 10.1 Å². The summed E-state index contributed by atoms with van der Waals surface area (Å²) >= 11 is 0. The molecule has 1 aliphatic rings. The predicted molar refractivity (Wildman–Crippen MR) is 98.6 cm³/mol. The summed E-state index contributed by atoms with van der Waals surface area (Å²) in [6, 6.07) is 7.79.